The SMILES string of the molecule is CCN(CC)c1ncc(-c2cc(C(=O)N(C)C)c3cc(Cl)ccc3n2)cn1. The number of aromatic nitrogens is 3. The maximum absolute atomic E-state index is 12.7. The molecular formula is C20H22ClN5O. The molecule has 140 valence electrons. The first kappa shape index (κ1) is 19.0. The van der Waals surface area contributed by atoms with Crippen molar-refractivity contribution in [1.82, 2.24) is 19.9 Å². The number of carbonyl (C=O) groups excluding carboxylic acids is 1. The Bertz CT molecular complexity index is 968. The summed E-state index contributed by atoms with van der Waals surface area (Å²) >= 11 is 6.13. The minimum absolute atomic E-state index is 0.105. The van der Waals surface area contributed by atoms with Gasteiger partial charge in [-0.15, -0.1) is 0 Å². The molecule has 3 aromatic rings. The third-order valence-corrected chi connectivity index (χ3v) is 4.62. The van der Waals surface area contributed by atoms with Crippen molar-refractivity contribution in [3.8, 4) is 11.3 Å². The smallest absolute Gasteiger partial charge is 0.254 e. The average Bonchev–Trinajstić information content (AvgIpc) is 2.68. The van der Waals surface area contributed by atoms with Gasteiger partial charge < -0.3 is 9.80 Å². The van der Waals surface area contributed by atoms with E-state index < -0.39 is 0 Å². The lowest BCUT2D eigenvalue weighted by molar-refractivity contribution is 0.0829. The van der Waals surface area contributed by atoms with Gasteiger partial charge in [0.05, 0.1) is 16.8 Å². The van der Waals surface area contributed by atoms with Gasteiger partial charge in [-0.3, -0.25) is 4.79 Å². The Kier molecular flexibility index (Phi) is 5.56. The van der Waals surface area contributed by atoms with Crippen molar-refractivity contribution in [1.29, 1.82) is 0 Å². The number of nitrogens with zero attached hydrogens (tertiary/aromatic N) is 5. The fourth-order valence-electron chi connectivity index (χ4n) is 2.89. The molecule has 0 saturated heterocycles. The van der Waals surface area contributed by atoms with Gasteiger partial charge in [-0.05, 0) is 38.1 Å². The monoisotopic (exact) mass is 383 g/mol. The van der Waals surface area contributed by atoms with E-state index in [9.17, 15) is 4.79 Å². The molecule has 0 aliphatic rings. The third kappa shape index (κ3) is 3.85. The molecule has 0 unspecified atom stereocenters. The molecule has 0 spiro atoms. The van der Waals surface area contributed by atoms with Crippen LogP contribution in [-0.4, -0.2) is 52.9 Å². The largest absolute Gasteiger partial charge is 0.345 e. The highest BCUT2D eigenvalue weighted by Gasteiger charge is 2.16. The predicted molar refractivity (Wildman–Crippen MR) is 109 cm³/mol. The lowest BCUT2D eigenvalue weighted by Gasteiger charge is -2.18. The Labute approximate surface area is 163 Å². The van der Waals surface area contributed by atoms with E-state index in [1.165, 1.54) is 0 Å². The first-order valence-corrected chi connectivity index (χ1v) is 9.21. The number of hydrogen-bond acceptors (Lipinski definition) is 5. The summed E-state index contributed by atoms with van der Waals surface area (Å²) in [7, 11) is 3.45. The van der Waals surface area contributed by atoms with E-state index in [0.29, 0.717) is 27.7 Å². The second-order valence-corrected chi connectivity index (χ2v) is 6.80. The second kappa shape index (κ2) is 7.88. The maximum Gasteiger partial charge on any atom is 0.254 e. The van der Waals surface area contributed by atoms with Crippen molar-refractivity contribution in [2.45, 2.75) is 13.8 Å². The number of anilines is 1. The highest BCUT2D eigenvalue weighted by atomic mass is 35.5. The van der Waals surface area contributed by atoms with Gasteiger partial charge in [0.25, 0.3) is 5.91 Å². The van der Waals surface area contributed by atoms with Crippen LogP contribution >= 0.6 is 11.6 Å². The molecule has 1 aromatic carbocycles. The zero-order valence-corrected chi connectivity index (χ0v) is 16.7. The highest BCUT2D eigenvalue weighted by molar-refractivity contribution is 6.31. The van der Waals surface area contributed by atoms with Crippen LogP contribution in [0.2, 0.25) is 5.02 Å². The molecule has 0 aliphatic heterocycles. The standard InChI is InChI=1S/C20H22ClN5O/c1-5-26(6-2)20-22-11-13(12-23-20)18-10-16(19(27)25(3)4)15-9-14(21)7-8-17(15)24-18/h7-12H,5-6H2,1-4H3. The molecule has 27 heavy (non-hydrogen) atoms. The van der Waals surface area contributed by atoms with Crippen LogP contribution in [0.5, 0.6) is 0 Å². The van der Waals surface area contributed by atoms with Gasteiger partial charge in [0.1, 0.15) is 0 Å². The summed E-state index contributed by atoms with van der Waals surface area (Å²) in [6.45, 7) is 5.81. The number of benzene rings is 1. The summed E-state index contributed by atoms with van der Waals surface area (Å²) in [5.74, 6) is 0.576. The molecule has 7 heteroatoms. The van der Waals surface area contributed by atoms with Crippen molar-refractivity contribution in [3.05, 3.63) is 47.2 Å². The molecule has 0 N–H and O–H groups in total. The zero-order valence-electron chi connectivity index (χ0n) is 15.9. The Balaban J connectivity index is 2.12. The maximum atomic E-state index is 12.7. The van der Waals surface area contributed by atoms with Crippen LogP contribution in [0.15, 0.2) is 36.7 Å². The molecule has 6 nitrogen and oxygen atoms in total. The Morgan fingerprint density at radius 3 is 2.33 bits per heavy atom. The lowest BCUT2D eigenvalue weighted by Crippen LogP contribution is -2.24. The molecule has 2 aromatic heterocycles. The number of fused-ring (bicyclic) bond motifs is 1. The van der Waals surface area contributed by atoms with Crippen molar-refractivity contribution in [3.63, 3.8) is 0 Å². The van der Waals surface area contributed by atoms with E-state index in [1.807, 2.05) is 6.07 Å². The number of amides is 1. The molecule has 1 amide bonds. The van der Waals surface area contributed by atoms with Crippen molar-refractivity contribution < 1.29 is 4.79 Å². The van der Waals surface area contributed by atoms with Crippen molar-refractivity contribution >= 4 is 34.4 Å². The number of pyridine rings is 1. The molecule has 0 atom stereocenters. The number of hydrogen-bond donors (Lipinski definition) is 0. The molecule has 0 saturated carbocycles. The van der Waals surface area contributed by atoms with E-state index in [0.717, 1.165) is 24.0 Å². The van der Waals surface area contributed by atoms with Gasteiger partial charge in [0, 0.05) is 55.6 Å². The number of rotatable bonds is 5. The Morgan fingerprint density at radius 2 is 1.74 bits per heavy atom. The molecule has 0 aliphatic carbocycles. The van der Waals surface area contributed by atoms with Crippen LogP contribution in [0.25, 0.3) is 22.2 Å². The highest BCUT2D eigenvalue weighted by Crippen LogP contribution is 2.27. The normalized spacial score (nSPS) is 10.9. The lowest BCUT2D eigenvalue weighted by atomic mass is 10.0. The number of halogens is 1. The average molecular weight is 384 g/mol. The minimum atomic E-state index is -0.105. The van der Waals surface area contributed by atoms with E-state index in [2.05, 4.69) is 33.7 Å². The van der Waals surface area contributed by atoms with Gasteiger partial charge >= 0.3 is 0 Å². The summed E-state index contributed by atoms with van der Waals surface area (Å²) < 4.78 is 0. The van der Waals surface area contributed by atoms with Crippen molar-refractivity contribution in [2.24, 2.45) is 0 Å². The third-order valence-electron chi connectivity index (χ3n) is 4.39. The van der Waals surface area contributed by atoms with Crippen LogP contribution in [0, 0.1) is 0 Å². The predicted octanol–water partition coefficient (Wildman–Crippen LogP) is 3.89. The Hall–Kier alpha value is -2.73. The fourth-order valence-corrected chi connectivity index (χ4v) is 3.06. The van der Waals surface area contributed by atoms with Gasteiger partial charge in [-0.1, -0.05) is 11.6 Å². The van der Waals surface area contributed by atoms with Crippen molar-refractivity contribution in [2.75, 3.05) is 32.1 Å². The van der Waals surface area contributed by atoms with Gasteiger partial charge in [0.2, 0.25) is 5.95 Å². The van der Waals surface area contributed by atoms with Gasteiger partial charge in [-0.2, -0.15) is 0 Å². The minimum Gasteiger partial charge on any atom is -0.345 e. The molecule has 0 fully saturated rings. The summed E-state index contributed by atoms with van der Waals surface area (Å²) in [5, 5.41) is 1.29. The topological polar surface area (TPSA) is 62.2 Å². The quantitative estimate of drug-likeness (QED) is 0.668. The fraction of sp³-hybridized carbons (Fsp3) is 0.300. The zero-order chi connectivity index (χ0) is 19.6. The van der Waals surface area contributed by atoms with E-state index in [4.69, 9.17) is 11.6 Å². The molecule has 2 heterocycles. The first-order valence-electron chi connectivity index (χ1n) is 8.83. The van der Waals surface area contributed by atoms with Crippen LogP contribution in [0.4, 0.5) is 5.95 Å². The number of carbonyl (C=O) groups is 1. The Morgan fingerprint density at radius 1 is 1.07 bits per heavy atom. The van der Waals surface area contributed by atoms with Crippen LogP contribution < -0.4 is 4.90 Å². The van der Waals surface area contributed by atoms with Crippen LogP contribution in [0.1, 0.15) is 24.2 Å². The summed E-state index contributed by atoms with van der Waals surface area (Å²) in [4.78, 5) is 29.9. The van der Waals surface area contributed by atoms with Crippen LogP contribution in [0.3, 0.4) is 0 Å². The van der Waals surface area contributed by atoms with Gasteiger partial charge in [0.15, 0.2) is 0 Å². The second-order valence-electron chi connectivity index (χ2n) is 6.36. The first-order chi connectivity index (χ1) is 12.9. The molecule has 3 rings (SSSR count). The summed E-state index contributed by atoms with van der Waals surface area (Å²) in [6.07, 6.45) is 3.49. The molecule has 0 radical (unpaired) electrons. The van der Waals surface area contributed by atoms with E-state index in [1.54, 1.807) is 49.6 Å². The van der Waals surface area contributed by atoms with E-state index >= 15 is 0 Å². The summed E-state index contributed by atoms with van der Waals surface area (Å²) in [5.41, 5.74) is 2.67. The summed E-state index contributed by atoms with van der Waals surface area (Å²) in [6, 6.07) is 7.13. The van der Waals surface area contributed by atoms with Gasteiger partial charge in [-0.25, -0.2) is 15.0 Å². The van der Waals surface area contributed by atoms with E-state index in [-0.39, 0.29) is 5.91 Å². The molecular weight excluding hydrogens is 362 g/mol. The molecule has 0 bridgehead atoms. The van der Waals surface area contributed by atoms with Crippen LogP contribution in [-0.2, 0) is 0 Å².